The smallest absolute Gasteiger partial charge is 0.267 e. The number of carbonyl (C=O) groups excluding carboxylic acids is 3. The molecule has 1 aliphatic carbocycles. The first-order valence-electron chi connectivity index (χ1n) is 11.3. The number of nitrogens with zero attached hydrogens (tertiary/aromatic N) is 2. The SMILES string of the molecule is CC(=O)N1CCC(CC(N)=O)(c2cc(C3CC3)c(Cc3ccc(F)cc3)nc2C(N)=O)CC1. The normalized spacial score (nSPS) is 17.6. The second-order valence-corrected chi connectivity index (χ2v) is 9.29. The summed E-state index contributed by atoms with van der Waals surface area (Å²) in [6.07, 6.45) is 3.55. The number of aromatic nitrogens is 1. The highest BCUT2D eigenvalue weighted by Gasteiger charge is 2.42. The Morgan fingerprint density at radius 3 is 2.27 bits per heavy atom. The molecule has 2 aromatic rings. The molecule has 0 atom stereocenters. The highest BCUT2D eigenvalue weighted by atomic mass is 19.1. The molecule has 0 unspecified atom stereocenters. The second kappa shape index (κ2) is 8.92. The third kappa shape index (κ3) is 4.89. The molecule has 1 saturated carbocycles. The van der Waals surface area contributed by atoms with Crippen LogP contribution >= 0.6 is 0 Å². The van der Waals surface area contributed by atoms with Gasteiger partial charge in [-0.2, -0.15) is 0 Å². The average Bonchev–Trinajstić information content (AvgIpc) is 3.60. The molecular formula is C25H29FN4O3. The van der Waals surface area contributed by atoms with Crippen LogP contribution in [0.15, 0.2) is 30.3 Å². The van der Waals surface area contributed by atoms with Gasteiger partial charge in [0.1, 0.15) is 11.5 Å². The summed E-state index contributed by atoms with van der Waals surface area (Å²) in [6, 6.07) is 8.21. The number of carbonyl (C=O) groups is 3. The van der Waals surface area contributed by atoms with E-state index >= 15 is 0 Å². The highest BCUT2D eigenvalue weighted by Crippen LogP contribution is 2.46. The van der Waals surface area contributed by atoms with Crippen LogP contribution in [0.25, 0.3) is 0 Å². The quantitative estimate of drug-likeness (QED) is 0.671. The van der Waals surface area contributed by atoms with Gasteiger partial charge in [-0.1, -0.05) is 18.2 Å². The Balaban J connectivity index is 1.80. The van der Waals surface area contributed by atoms with Crippen molar-refractivity contribution in [2.45, 2.75) is 56.8 Å². The van der Waals surface area contributed by atoms with Gasteiger partial charge in [0.05, 0.1) is 0 Å². The third-order valence-corrected chi connectivity index (χ3v) is 6.92. The molecule has 1 aromatic carbocycles. The second-order valence-electron chi connectivity index (χ2n) is 9.29. The van der Waals surface area contributed by atoms with E-state index in [0.29, 0.717) is 43.8 Å². The van der Waals surface area contributed by atoms with Crippen LogP contribution in [0.1, 0.15) is 77.8 Å². The molecule has 174 valence electrons. The van der Waals surface area contributed by atoms with E-state index in [1.807, 2.05) is 6.07 Å². The summed E-state index contributed by atoms with van der Waals surface area (Å²) in [6.45, 7) is 2.46. The summed E-state index contributed by atoms with van der Waals surface area (Å²) in [5, 5.41) is 0. The maximum absolute atomic E-state index is 13.4. The number of hydrogen-bond acceptors (Lipinski definition) is 4. The summed E-state index contributed by atoms with van der Waals surface area (Å²) < 4.78 is 13.4. The molecule has 1 saturated heterocycles. The minimum absolute atomic E-state index is 0.0239. The fourth-order valence-corrected chi connectivity index (χ4v) is 4.97. The lowest BCUT2D eigenvalue weighted by Crippen LogP contribution is -2.47. The Bertz CT molecular complexity index is 1090. The van der Waals surface area contributed by atoms with Crippen molar-refractivity contribution in [3.63, 3.8) is 0 Å². The number of amides is 3. The zero-order chi connectivity index (χ0) is 23.8. The van der Waals surface area contributed by atoms with Crippen molar-refractivity contribution in [1.82, 2.24) is 9.88 Å². The van der Waals surface area contributed by atoms with Crippen molar-refractivity contribution in [3.05, 3.63) is 64.2 Å². The van der Waals surface area contributed by atoms with Gasteiger partial charge in [0.2, 0.25) is 11.8 Å². The van der Waals surface area contributed by atoms with Gasteiger partial charge in [-0.05, 0) is 60.4 Å². The molecule has 0 radical (unpaired) electrons. The summed E-state index contributed by atoms with van der Waals surface area (Å²) in [4.78, 5) is 43.0. The van der Waals surface area contributed by atoms with Crippen molar-refractivity contribution < 1.29 is 18.8 Å². The molecule has 4 rings (SSSR count). The van der Waals surface area contributed by atoms with Crippen LogP contribution in [0.3, 0.4) is 0 Å². The summed E-state index contributed by atoms with van der Waals surface area (Å²) in [7, 11) is 0. The topological polar surface area (TPSA) is 119 Å². The number of halogens is 1. The first-order chi connectivity index (χ1) is 15.7. The van der Waals surface area contributed by atoms with Crippen LogP contribution in [-0.2, 0) is 21.4 Å². The minimum Gasteiger partial charge on any atom is -0.370 e. The molecule has 1 aliphatic heterocycles. The molecule has 7 nitrogen and oxygen atoms in total. The van der Waals surface area contributed by atoms with Crippen LogP contribution in [0.4, 0.5) is 4.39 Å². The summed E-state index contributed by atoms with van der Waals surface area (Å²) >= 11 is 0. The van der Waals surface area contributed by atoms with Gasteiger partial charge in [0, 0.05) is 44.0 Å². The monoisotopic (exact) mass is 452 g/mol. The molecular weight excluding hydrogens is 423 g/mol. The third-order valence-electron chi connectivity index (χ3n) is 6.92. The number of likely N-dealkylation sites (tertiary alicyclic amines) is 1. The largest absolute Gasteiger partial charge is 0.370 e. The maximum atomic E-state index is 13.4. The van der Waals surface area contributed by atoms with E-state index in [9.17, 15) is 18.8 Å². The first-order valence-corrected chi connectivity index (χ1v) is 11.3. The van der Waals surface area contributed by atoms with Crippen LogP contribution in [0.5, 0.6) is 0 Å². The fourth-order valence-electron chi connectivity index (χ4n) is 4.97. The molecule has 33 heavy (non-hydrogen) atoms. The number of piperidine rings is 1. The molecule has 0 spiro atoms. The Kier molecular flexibility index (Phi) is 6.19. The summed E-state index contributed by atoms with van der Waals surface area (Å²) in [5.74, 6) is -1.14. The average molecular weight is 453 g/mol. The predicted molar refractivity (Wildman–Crippen MR) is 121 cm³/mol. The van der Waals surface area contributed by atoms with Gasteiger partial charge in [-0.15, -0.1) is 0 Å². The van der Waals surface area contributed by atoms with Gasteiger partial charge in [-0.3, -0.25) is 14.4 Å². The molecule has 2 fully saturated rings. The van der Waals surface area contributed by atoms with Crippen LogP contribution < -0.4 is 11.5 Å². The Labute approximate surface area is 192 Å². The van der Waals surface area contributed by atoms with E-state index in [1.54, 1.807) is 17.0 Å². The van der Waals surface area contributed by atoms with E-state index in [2.05, 4.69) is 0 Å². The lowest BCUT2D eigenvalue weighted by Gasteiger charge is -2.42. The molecule has 4 N–H and O–H groups in total. The molecule has 2 heterocycles. The zero-order valence-electron chi connectivity index (χ0n) is 18.8. The van der Waals surface area contributed by atoms with Crippen molar-refractivity contribution in [3.8, 4) is 0 Å². The van der Waals surface area contributed by atoms with Gasteiger partial charge in [0.15, 0.2) is 0 Å². The van der Waals surface area contributed by atoms with E-state index < -0.39 is 17.2 Å². The number of primary amides is 2. The van der Waals surface area contributed by atoms with Gasteiger partial charge in [0.25, 0.3) is 5.91 Å². The molecule has 0 bridgehead atoms. The lowest BCUT2D eigenvalue weighted by molar-refractivity contribution is -0.130. The van der Waals surface area contributed by atoms with Crippen LogP contribution in [0.2, 0.25) is 0 Å². The van der Waals surface area contributed by atoms with Gasteiger partial charge >= 0.3 is 0 Å². The number of pyridine rings is 1. The Morgan fingerprint density at radius 2 is 1.76 bits per heavy atom. The standard InChI is InChI=1S/C25H29FN4O3/c1-15(31)30-10-8-25(9-11-30,14-22(27)32)20-13-19(17-4-5-17)21(29-23(20)24(28)33)12-16-2-6-18(26)7-3-16/h2-3,6-7,13,17H,4-5,8-12,14H2,1H3,(H2,27,32)(H2,28,33). The van der Waals surface area contributed by atoms with Crippen molar-refractivity contribution in [1.29, 1.82) is 0 Å². The summed E-state index contributed by atoms with van der Waals surface area (Å²) in [5.41, 5.74) is 14.2. The molecule has 8 heteroatoms. The van der Waals surface area contributed by atoms with Crippen molar-refractivity contribution >= 4 is 17.7 Å². The van der Waals surface area contributed by atoms with Crippen molar-refractivity contribution in [2.24, 2.45) is 11.5 Å². The van der Waals surface area contributed by atoms with Gasteiger partial charge < -0.3 is 16.4 Å². The molecule has 2 aliphatic rings. The van der Waals surface area contributed by atoms with Crippen LogP contribution in [-0.4, -0.2) is 40.7 Å². The minimum atomic E-state index is -0.701. The first kappa shape index (κ1) is 22.9. The Morgan fingerprint density at radius 1 is 1.12 bits per heavy atom. The zero-order valence-corrected chi connectivity index (χ0v) is 18.8. The van der Waals surface area contributed by atoms with E-state index in [-0.39, 0.29) is 23.8 Å². The van der Waals surface area contributed by atoms with Crippen LogP contribution in [0, 0.1) is 5.82 Å². The Hall–Kier alpha value is -3.29. The maximum Gasteiger partial charge on any atom is 0.267 e. The van der Waals surface area contributed by atoms with Gasteiger partial charge in [-0.25, -0.2) is 9.37 Å². The van der Waals surface area contributed by atoms with Crippen molar-refractivity contribution in [2.75, 3.05) is 13.1 Å². The number of nitrogens with two attached hydrogens (primary N) is 2. The van der Waals surface area contributed by atoms with E-state index in [0.717, 1.165) is 29.7 Å². The van der Waals surface area contributed by atoms with E-state index in [1.165, 1.54) is 19.1 Å². The molecule has 1 aromatic heterocycles. The lowest BCUT2D eigenvalue weighted by atomic mass is 9.69. The number of benzene rings is 1. The number of rotatable bonds is 7. The fraction of sp³-hybridized carbons (Fsp3) is 0.440. The predicted octanol–water partition coefficient (Wildman–Crippen LogP) is 2.54. The highest BCUT2D eigenvalue weighted by molar-refractivity contribution is 5.93. The van der Waals surface area contributed by atoms with E-state index in [4.69, 9.17) is 16.5 Å². The number of hydrogen-bond donors (Lipinski definition) is 2. The molecule has 3 amide bonds.